The quantitative estimate of drug-likeness (QED) is 0.443. The topological polar surface area (TPSA) is 50.7 Å². The van der Waals surface area contributed by atoms with E-state index in [-0.39, 0.29) is 5.91 Å². The average molecular weight is 375 g/mol. The maximum atomic E-state index is 11.9. The second kappa shape index (κ2) is 9.10. The van der Waals surface area contributed by atoms with Gasteiger partial charge in [0.1, 0.15) is 5.75 Å². The van der Waals surface area contributed by atoms with Gasteiger partial charge in [0.2, 0.25) is 0 Å². The molecule has 1 amide bonds. The first-order chi connectivity index (χ1) is 11.2. The number of hydrogen-bond donors (Lipinski definition) is 1. The molecule has 0 saturated carbocycles. The van der Waals surface area contributed by atoms with Crippen LogP contribution in [0.5, 0.6) is 5.75 Å². The molecule has 0 unspecified atom stereocenters. The highest BCUT2D eigenvalue weighted by atomic mass is 79.9. The second-order valence-electron chi connectivity index (χ2n) is 4.98. The molecule has 2 aromatic rings. The van der Waals surface area contributed by atoms with Gasteiger partial charge < -0.3 is 4.74 Å². The lowest BCUT2D eigenvalue weighted by Crippen LogP contribution is -2.17. The number of carbonyl (C=O) groups is 1. The number of halogens is 1. The van der Waals surface area contributed by atoms with Crippen molar-refractivity contribution in [1.29, 1.82) is 0 Å². The Labute approximate surface area is 144 Å². The zero-order chi connectivity index (χ0) is 16.5. The Morgan fingerprint density at radius 1 is 1.26 bits per heavy atom. The number of ether oxygens (including phenoxy) is 1. The van der Waals surface area contributed by atoms with Crippen molar-refractivity contribution in [3.05, 3.63) is 64.1 Å². The number of carbonyl (C=O) groups excluding carboxylic acids is 1. The summed E-state index contributed by atoms with van der Waals surface area (Å²) in [6, 6.07) is 14.7. The van der Waals surface area contributed by atoms with E-state index in [4.69, 9.17) is 4.74 Å². The number of hydrogen-bond acceptors (Lipinski definition) is 3. The first kappa shape index (κ1) is 17.2. The summed E-state index contributed by atoms with van der Waals surface area (Å²) < 4.78 is 6.45. The SMILES string of the molecule is CCCCOc1ccc(/C=N\NC(=O)c2cccc(Br)c2)cc1. The van der Waals surface area contributed by atoms with Crippen molar-refractivity contribution in [3.8, 4) is 5.75 Å². The van der Waals surface area contributed by atoms with E-state index in [0.717, 1.165) is 35.2 Å². The molecule has 0 heterocycles. The Kier molecular flexibility index (Phi) is 6.81. The summed E-state index contributed by atoms with van der Waals surface area (Å²) in [5, 5.41) is 3.97. The smallest absolute Gasteiger partial charge is 0.271 e. The lowest BCUT2D eigenvalue weighted by Gasteiger charge is -2.05. The van der Waals surface area contributed by atoms with Crippen LogP contribution in [-0.2, 0) is 0 Å². The fourth-order valence-corrected chi connectivity index (χ4v) is 2.24. The van der Waals surface area contributed by atoms with Gasteiger partial charge in [0.05, 0.1) is 12.8 Å². The Morgan fingerprint density at radius 2 is 2.04 bits per heavy atom. The zero-order valence-corrected chi connectivity index (χ0v) is 14.5. The molecule has 2 rings (SSSR count). The third-order valence-electron chi connectivity index (χ3n) is 3.11. The van der Waals surface area contributed by atoms with Gasteiger partial charge in [-0.1, -0.05) is 35.3 Å². The summed E-state index contributed by atoms with van der Waals surface area (Å²) in [4.78, 5) is 11.9. The molecule has 2 aromatic carbocycles. The van der Waals surface area contributed by atoms with Gasteiger partial charge in [0.15, 0.2) is 0 Å². The molecule has 0 fully saturated rings. The van der Waals surface area contributed by atoms with Crippen molar-refractivity contribution in [2.45, 2.75) is 19.8 Å². The predicted molar refractivity (Wildman–Crippen MR) is 96.0 cm³/mol. The fourth-order valence-electron chi connectivity index (χ4n) is 1.84. The summed E-state index contributed by atoms with van der Waals surface area (Å²) in [6.45, 7) is 2.86. The molecule has 23 heavy (non-hydrogen) atoms. The number of amides is 1. The molecule has 1 N–H and O–H groups in total. The normalized spacial score (nSPS) is 10.7. The molecule has 0 bridgehead atoms. The Bertz CT molecular complexity index is 669. The Hall–Kier alpha value is -2.14. The minimum Gasteiger partial charge on any atom is -0.494 e. The summed E-state index contributed by atoms with van der Waals surface area (Å²) in [7, 11) is 0. The van der Waals surface area contributed by atoms with Gasteiger partial charge in [-0.15, -0.1) is 0 Å². The number of nitrogens with one attached hydrogen (secondary N) is 1. The van der Waals surface area contributed by atoms with Gasteiger partial charge >= 0.3 is 0 Å². The highest BCUT2D eigenvalue weighted by molar-refractivity contribution is 9.10. The van der Waals surface area contributed by atoms with E-state index in [1.54, 1.807) is 24.4 Å². The summed E-state index contributed by atoms with van der Waals surface area (Å²) >= 11 is 3.33. The van der Waals surface area contributed by atoms with Crippen LogP contribution in [0.2, 0.25) is 0 Å². The first-order valence-electron chi connectivity index (χ1n) is 7.51. The van der Waals surface area contributed by atoms with Crippen LogP contribution >= 0.6 is 15.9 Å². The van der Waals surface area contributed by atoms with E-state index < -0.39 is 0 Å². The number of hydrazone groups is 1. The average Bonchev–Trinajstić information content (AvgIpc) is 2.56. The van der Waals surface area contributed by atoms with Crippen LogP contribution in [0.4, 0.5) is 0 Å². The third-order valence-corrected chi connectivity index (χ3v) is 3.61. The van der Waals surface area contributed by atoms with Crippen molar-refractivity contribution >= 4 is 28.1 Å². The largest absolute Gasteiger partial charge is 0.494 e. The van der Waals surface area contributed by atoms with Crippen molar-refractivity contribution < 1.29 is 9.53 Å². The molecule has 4 nitrogen and oxygen atoms in total. The lowest BCUT2D eigenvalue weighted by atomic mass is 10.2. The van der Waals surface area contributed by atoms with Gasteiger partial charge in [-0.3, -0.25) is 4.79 Å². The molecule has 5 heteroatoms. The molecular formula is C18H19BrN2O2. The molecule has 0 aliphatic carbocycles. The van der Waals surface area contributed by atoms with Crippen molar-refractivity contribution in [2.75, 3.05) is 6.61 Å². The van der Waals surface area contributed by atoms with Gasteiger partial charge in [-0.05, 0) is 54.4 Å². The van der Waals surface area contributed by atoms with Gasteiger partial charge in [-0.2, -0.15) is 5.10 Å². The molecule has 0 spiro atoms. The molecule has 0 radical (unpaired) electrons. The molecule has 0 aromatic heterocycles. The third kappa shape index (κ3) is 5.87. The van der Waals surface area contributed by atoms with E-state index >= 15 is 0 Å². The predicted octanol–water partition coefficient (Wildman–Crippen LogP) is 4.39. The Morgan fingerprint density at radius 3 is 2.74 bits per heavy atom. The maximum Gasteiger partial charge on any atom is 0.271 e. The molecule has 0 saturated heterocycles. The van der Waals surface area contributed by atoms with Crippen LogP contribution in [0.1, 0.15) is 35.7 Å². The summed E-state index contributed by atoms with van der Waals surface area (Å²) in [5.74, 6) is 0.593. The fraction of sp³-hybridized carbons (Fsp3) is 0.222. The van der Waals surface area contributed by atoms with E-state index in [1.165, 1.54) is 0 Å². The van der Waals surface area contributed by atoms with E-state index in [2.05, 4.69) is 33.4 Å². The van der Waals surface area contributed by atoms with Crippen LogP contribution in [0.15, 0.2) is 58.1 Å². The molecule has 0 aliphatic rings. The second-order valence-corrected chi connectivity index (χ2v) is 5.90. The molecule has 120 valence electrons. The highest BCUT2D eigenvalue weighted by Crippen LogP contribution is 2.12. The van der Waals surface area contributed by atoms with Crippen molar-refractivity contribution in [3.63, 3.8) is 0 Å². The van der Waals surface area contributed by atoms with Crippen LogP contribution in [0.25, 0.3) is 0 Å². The molecule has 0 aliphatic heterocycles. The van der Waals surface area contributed by atoms with E-state index in [1.807, 2.05) is 30.3 Å². The minimum atomic E-state index is -0.248. The molecule has 0 atom stereocenters. The summed E-state index contributed by atoms with van der Waals surface area (Å²) in [6.07, 6.45) is 3.76. The first-order valence-corrected chi connectivity index (χ1v) is 8.30. The van der Waals surface area contributed by atoms with Crippen molar-refractivity contribution in [1.82, 2.24) is 5.43 Å². The monoisotopic (exact) mass is 374 g/mol. The number of benzene rings is 2. The van der Waals surface area contributed by atoms with Crippen molar-refractivity contribution in [2.24, 2.45) is 5.10 Å². The number of rotatable bonds is 7. The highest BCUT2D eigenvalue weighted by Gasteiger charge is 2.03. The van der Waals surface area contributed by atoms with Crippen LogP contribution in [0, 0.1) is 0 Å². The van der Waals surface area contributed by atoms with Gasteiger partial charge in [0.25, 0.3) is 5.91 Å². The van der Waals surface area contributed by atoms with E-state index in [0.29, 0.717) is 5.56 Å². The molecular weight excluding hydrogens is 356 g/mol. The van der Waals surface area contributed by atoms with E-state index in [9.17, 15) is 4.79 Å². The zero-order valence-electron chi connectivity index (χ0n) is 13.0. The van der Waals surface area contributed by atoms with Crippen LogP contribution in [-0.4, -0.2) is 18.7 Å². The van der Waals surface area contributed by atoms with Gasteiger partial charge in [0, 0.05) is 10.0 Å². The van der Waals surface area contributed by atoms with Crippen LogP contribution in [0.3, 0.4) is 0 Å². The number of unbranched alkanes of at least 4 members (excludes halogenated alkanes) is 1. The standard InChI is InChI=1S/C18H19BrN2O2/c1-2-3-11-23-17-9-7-14(8-10-17)13-20-21-18(22)15-5-4-6-16(19)12-15/h4-10,12-13H,2-3,11H2,1H3,(H,21,22)/b20-13-. The van der Waals surface area contributed by atoms with Crippen LogP contribution < -0.4 is 10.2 Å². The summed E-state index contributed by atoms with van der Waals surface area (Å²) in [5.41, 5.74) is 3.95. The van der Waals surface area contributed by atoms with Gasteiger partial charge in [-0.25, -0.2) is 5.43 Å². The Balaban J connectivity index is 1.86. The maximum absolute atomic E-state index is 11.9. The lowest BCUT2D eigenvalue weighted by molar-refractivity contribution is 0.0955. The number of nitrogens with zero attached hydrogens (tertiary/aromatic N) is 1. The minimum absolute atomic E-state index is 0.248.